The molecule has 0 spiro atoms. The molecule has 326 valence electrons. The van der Waals surface area contributed by atoms with E-state index in [1.807, 2.05) is 24.8 Å². The van der Waals surface area contributed by atoms with E-state index < -0.39 is 12.1 Å². The molecule has 5 aliphatic rings. The molecule has 61 heavy (non-hydrogen) atoms. The highest BCUT2D eigenvalue weighted by molar-refractivity contribution is 7.22. The van der Waals surface area contributed by atoms with E-state index in [-0.39, 0.29) is 28.7 Å². The molecule has 5 unspecified atom stereocenters. The molecule has 0 saturated heterocycles. The number of aliphatic hydroxyl groups excluding tert-OH is 2. The molecule has 4 aliphatic carbocycles. The number of pyridine rings is 1. The van der Waals surface area contributed by atoms with Gasteiger partial charge in [0.25, 0.3) is 0 Å². The van der Waals surface area contributed by atoms with Crippen molar-refractivity contribution in [3.05, 3.63) is 64.5 Å². The van der Waals surface area contributed by atoms with Crippen LogP contribution in [0.1, 0.15) is 105 Å². The molecule has 1 aliphatic heterocycles. The number of aryl methyl sites for hydroxylation is 1. The van der Waals surface area contributed by atoms with Crippen LogP contribution >= 0.6 is 11.3 Å². The van der Waals surface area contributed by atoms with E-state index in [2.05, 4.69) is 59.8 Å². The van der Waals surface area contributed by atoms with Crippen molar-refractivity contribution in [2.24, 2.45) is 33.4 Å². The number of fused-ring (bicyclic) bond motifs is 3. The summed E-state index contributed by atoms with van der Waals surface area (Å²) in [5.74, 6) is 1.50. The van der Waals surface area contributed by atoms with Crippen LogP contribution in [-0.4, -0.2) is 98.3 Å². The second kappa shape index (κ2) is 17.3. The number of hydrogen-bond acceptors (Lipinski definition) is 14. The standard InChI is InChI=1S/C46H61N9O5S/c1-27-8-10-37-36(17-27)50-43(61-37)52-40-28(2)33-7-6-15-55(41(33)54-53-40)38-11-9-34(39(51-38)42(58)59)35(21-47)29(3)49-22-31-19-45(5)24-44(4)18-30(31)20-46(25-44,26-45)60-16-14-48-13-12-32(57)23-56/h8-11,17,21,30-32,48,56-57H,6-7,12-16,18-20,22-26,47H2,1-5H3,(H,58,59)(H,50,52,53)/t30?,31?,32-,44?,45?,46?/m0/s1. The number of aliphatic hydroxyl groups is 2. The first kappa shape index (κ1) is 43.1. The third-order valence-electron chi connectivity index (χ3n) is 13.6. The van der Waals surface area contributed by atoms with Crippen LogP contribution in [0.25, 0.3) is 15.8 Å². The summed E-state index contributed by atoms with van der Waals surface area (Å²) in [4.78, 5) is 29.5. The van der Waals surface area contributed by atoms with Crippen molar-refractivity contribution in [2.75, 3.05) is 49.6 Å². The number of thiazole rings is 1. The monoisotopic (exact) mass is 851 g/mol. The van der Waals surface area contributed by atoms with Gasteiger partial charge in [0.05, 0.1) is 35.1 Å². The Labute approximate surface area is 362 Å². The van der Waals surface area contributed by atoms with Gasteiger partial charge in [0.2, 0.25) is 0 Å². The quantitative estimate of drug-likeness (QED) is 0.0493. The van der Waals surface area contributed by atoms with Gasteiger partial charge in [0.1, 0.15) is 5.82 Å². The number of carbonyl (C=O) groups is 1. The van der Waals surface area contributed by atoms with E-state index in [9.17, 15) is 15.0 Å². The van der Waals surface area contributed by atoms with Gasteiger partial charge < -0.3 is 41.3 Å². The van der Waals surface area contributed by atoms with Gasteiger partial charge in [-0.3, -0.25) is 4.99 Å². The number of aromatic nitrogens is 4. The molecule has 1 aromatic carbocycles. The molecule has 4 saturated carbocycles. The van der Waals surface area contributed by atoms with E-state index in [4.69, 9.17) is 30.5 Å². The van der Waals surface area contributed by atoms with Gasteiger partial charge in [-0.05, 0) is 138 Å². The maximum absolute atomic E-state index is 12.9. The van der Waals surface area contributed by atoms with Crippen molar-refractivity contribution in [3.63, 3.8) is 0 Å². The lowest BCUT2D eigenvalue weighted by Crippen LogP contribution is -2.52. The Hall–Kier alpha value is -4.54. The van der Waals surface area contributed by atoms with Gasteiger partial charge in [-0.15, -0.1) is 10.2 Å². The maximum Gasteiger partial charge on any atom is 0.355 e. The lowest BCUT2D eigenvalue weighted by Gasteiger charge is -2.56. The third kappa shape index (κ3) is 9.03. The molecule has 7 N–H and O–H groups in total. The van der Waals surface area contributed by atoms with Gasteiger partial charge in [-0.25, -0.2) is 14.8 Å². The van der Waals surface area contributed by atoms with Gasteiger partial charge in [0, 0.05) is 53.8 Å². The number of carboxylic acids is 1. The Balaban J connectivity index is 0.974. The molecular formula is C46H61N9O5S. The fourth-order valence-corrected chi connectivity index (χ4v) is 12.4. The van der Waals surface area contributed by atoms with E-state index in [1.54, 1.807) is 17.4 Å². The maximum atomic E-state index is 12.9. The lowest BCUT2D eigenvalue weighted by atomic mass is 9.53. The summed E-state index contributed by atoms with van der Waals surface area (Å²) in [6.45, 7) is 13.9. The molecule has 4 bridgehead atoms. The summed E-state index contributed by atoms with van der Waals surface area (Å²) in [5, 5.41) is 46.0. The van der Waals surface area contributed by atoms with Crippen LogP contribution in [0.15, 0.2) is 41.5 Å². The average Bonchev–Trinajstić information content (AvgIpc) is 3.55. The predicted molar refractivity (Wildman–Crippen MR) is 241 cm³/mol. The Kier molecular flexibility index (Phi) is 12.2. The van der Waals surface area contributed by atoms with Crippen molar-refractivity contribution in [1.29, 1.82) is 0 Å². The van der Waals surface area contributed by atoms with Gasteiger partial charge in [-0.2, -0.15) is 0 Å². The number of anilines is 4. The molecule has 9 rings (SSSR count). The highest BCUT2D eigenvalue weighted by Gasteiger charge is 2.60. The smallest absolute Gasteiger partial charge is 0.355 e. The number of allylic oxidation sites excluding steroid dienone is 1. The first-order chi connectivity index (χ1) is 29.2. The number of nitrogens with one attached hydrogen (secondary N) is 2. The van der Waals surface area contributed by atoms with Crippen molar-refractivity contribution in [2.45, 2.75) is 104 Å². The number of benzene rings is 1. The summed E-state index contributed by atoms with van der Waals surface area (Å²) in [6, 6.07) is 9.87. The highest BCUT2D eigenvalue weighted by Crippen LogP contribution is 2.66. The zero-order valence-electron chi connectivity index (χ0n) is 36.1. The number of aromatic carboxylic acids is 1. The van der Waals surface area contributed by atoms with E-state index in [0.717, 1.165) is 77.0 Å². The zero-order valence-corrected chi connectivity index (χ0v) is 36.9. The van der Waals surface area contributed by atoms with Gasteiger partial charge >= 0.3 is 5.97 Å². The minimum Gasteiger partial charge on any atom is -0.476 e. The predicted octanol–water partition coefficient (Wildman–Crippen LogP) is 7.10. The fraction of sp³-hybridized carbons (Fsp3) is 0.565. The molecule has 15 heteroatoms. The van der Waals surface area contributed by atoms with E-state index in [1.165, 1.54) is 12.6 Å². The number of hydrogen-bond donors (Lipinski definition) is 6. The minimum absolute atomic E-state index is 0.0890. The number of aliphatic imine (C=N–C) groups is 1. The van der Waals surface area contributed by atoms with Crippen LogP contribution in [0.3, 0.4) is 0 Å². The molecule has 0 radical (unpaired) electrons. The molecule has 14 nitrogen and oxygen atoms in total. The van der Waals surface area contributed by atoms with Crippen LogP contribution in [0, 0.1) is 36.5 Å². The number of rotatable bonds is 16. The van der Waals surface area contributed by atoms with Gasteiger partial charge in [-0.1, -0.05) is 31.3 Å². The van der Waals surface area contributed by atoms with Crippen LogP contribution in [0.5, 0.6) is 0 Å². The highest BCUT2D eigenvalue weighted by atomic mass is 32.1. The Morgan fingerprint density at radius 2 is 1.90 bits per heavy atom. The second-order valence-electron chi connectivity index (χ2n) is 18.9. The SMILES string of the molecule is CC(=NCC1CC2(C)CC3(C)CC1CC(OCCNCC[C@H](O)CO)(C2)C3)C(=CN)c1ccc(N2CCCc3c2nnc(Nc2nc4cc(C)ccc4s2)c3C)nc1C(=O)O. The molecule has 6 atom stereocenters. The Morgan fingerprint density at radius 1 is 1.10 bits per heavy atom. The summed E-state index contributed by atoms with van der Waals surface area (Å²) in [6.07, 6.45) is 9.46. The van der Waals surface area contributed by atoms with E-state index >= 15 is 0 Å². The summed E-state index contributed by atoms with van der Waals surface area (Å²) < 4.78 is 7.91. The molecule has 4 heterocycles. The lowest BCUT2D eigenvalue weighted by molar-refractivity contribution is -0.162. The summed E-state index contributed by atoms with van der Waals surface area (Å²) >= 11 is 1.57. The van der Waals surface area contributed by atoms with Crippen LogP contribution in [0.2, 0.25) is 0 Å². The average molecular weight is 852 g/mol. The number of ether oxygens (including phenoxy) is 1. The topological polar surface area (TPSA) is 204 Å². The first-order valence-electron chi connectivity index (χ1n) is 21.8. The molecule has 0 amide bonds. The van der Waals surface area contributed by atoms with Crippen LogP contribution in [-0.2, 0) is 11.2 Å². The zero-order chi connectivity index (χ0) is 43.1. The van der Waals surface area contributed by atoms with Crippen LogP contribution < -0.4 is 21.3 Å². The summed E-state index contributed by atoms with van der Waals surface area (Å²) in [5.41, 5.74) is 12.2. The second-order valence-corrected chi connectivity index (χ2v) is 19.9. The summed E-state index contributed by atoms with van der Waals surface area (Å²) in [7, 11) is 0. The van der Waals surface area contributed by atoms with Crippen molar-refractivity contribution in [3.8, 4) is 0 Å². The number of nitrogens with two attached hydrogens (primary N) is 1. The number of carboxylic acid groups (broad SMARTS) is 1. The number of nitrogens with zero attached hydrogens (tertiary/aromatic N) is 6. The van der Waals surface area contributed by atoms with Crippen molar-refractivity contribution in [1.82, 2.24) is 25.5 Å². The minimum atomic E-state index is -1.14. The van der Waals surface area contributed by atoms with Crippen molar-refractivity contribution >= 4 is 61.4 Å². The van der Waals surface area contributed by atoms with Gasteiger partial charge in [0.15, 0.2) is 22.5 Å². The molecule has 3 aromatic heterocycles. The van der Waals surface area contributed by atoms with Crippen LogP contribution in [0.4, 0.5) is 22.6 Å². The normalized spacial score (nSPS) is 26.7. The largest absolute Gasteiger partial charge is 0.476 e. The Bertz CT molecular complexity index is 2350. The molecule has 4 aromatic rings. The fourth-order valence-electron chi connectivity index (χ4n) is 11.6. The first-order valence-corrected chi connectivity index (χ1v) is 22.6. The van der Waals surface area contributed by atoms with Crippen molar-refractivity contribution < 1.29 is 24.9 Å². The molecular weight excluding hydrogens is 791 g/mol. The van der Waals surface area contributed by atoms with E-state index in [0.29, 0.717) is 85.3 Å². The molecule has 4 fully saturated rings. The third-order valence-corrected chi connectivity index (χ3v) is 14.6. The Morgan fingerprint density at radius 3 is 2.67 bits per heavy atom.